The van der Waals surface area contributed by atoms with Crippen molar-refractivity contribution in [2.45, 2.75) is 37.7 Å². The first-order valence-electron chi connectivity index (χ1n) is 9.35. The fourth-order valence-corrected chi connectivity index (χ4v) is 3.42. The summed E-state index contributed by atoms with van der Waals surface area (Å²) in [7, 11) is 3.49. The molecule has 9 heteroatoms. The number of likely N-dealkylation sites (tertiary alicyclic amines) is 1. The second-order valence-corrected chi connectivity index (χ2v) is 6.77. The molecule has 0 bridgehead atoms. The highest BCUT2D eigenvalue weighted by molar-refractivity contribution is 5.73. The lowest BCUT2D eigenvalue weighted by Gasteiger charge is -2.28. The number of nitrogens with zero attached hydrogens (tertiary/aromatic N) is 2. The molecule has 1 aromatic carbocycles. The van der Waals surface area contributed by atoms with Crippen molar-refractivity contribution in [2.24, 2.45) is 0 Å². The number of pyridine rings is 1. The molecule has 1 fully saturated rings. The van der Waals surface area contributed by atoms with Crippen LogP contribution in [0, 0.1) is 0 Å². The van der Waals surface area contributed by atoms with Crippen molar-refractivity contribution in [3.63, 3.8) is 0 Å². The first kappa shape index (κ1) is 23.6. The molecule has 1 aliphatic rings. The molecule has 1 saturated heterocycles. The van der Waals surface area contributed by atoms with Crippen molar-refractivity contribution >= 4 is 5.97 Å². The highest BCUT2D eigenvalue weighted by atomic mass is 19.4. The predicted molar refractivity (Wildman–Crippen MR) is 104 cm³/mol. The molecular weight excluding hydrogens is 401 g/mol. The molecule has 1 N–H and O–H groups in total. The lowest BCUT2D eigenvalue weighted by Crippen LogP contribution is -2.37. The lowest BCUT2D eigenvalue weighted by atomic mass is 10.0. The van der Waals surface area contributed by atoms with Crippen molar-refractivity contribution in [1.29, 1.82) is 0 Å². The number of alkyl halides is 3. The molecule has 0 unspecified atom stereocenters. The van der Waals surface area contributed by atoms with Crippen molar-refractivity contribution in [1.82, 2.24) is 9.88 Å². The third kappa shape index (κ3) is 6.70. The van der Waals surface area contributed by atoms with Crippen LogP contribution in [0.4, 0.5) is 13.2 Å². The molecule has 0 amide bonds. The number of carbonyl (C=O) groups is 1. The van der Waals surface area contributed by atoms with E-state index in [1.54, 1.807) is 13.3 Å². The van der Waals surface area contributed by atoms with Crippen LogP contribution in [0.15, 0.2) is 48.7 Å². The Morgan fingerprint density at radius 3 is 2.43 bits per heavy atom. The Hall–Kier alpha value is -2.65. The van der Waals surface area contributed by atoms with E-state index in [2.05, 4.69) is 46.3 Å². The molecule has 2 heterocycles. The highest BCUT2D eigenvalue weighted by Gasteiger charge is 2.38. The predicted octanol–water partition coefficient (Wildman–Crippen LogP) is 3.56. The van der Waals surface area contributed by atoms with Gasteiger partial charge in [0, 0.05) is 38.0 Å². The molecule has 0 spiro atoms. The van der Waals surface area contributed by atoms with Crippen molar-refractivity contribution < 1.29 is 32.5 Å². The van der Waals surface area contributed by atoms with Crippen molar-refractivity contribution in [3.8, 4) is 5.88 Å². The van der Waals surface area contributed by atoms with E-state index in [0.29, 0.717) is 11.9 Å². The topological polar surface area (TPSA) is 71.9 Å². The summed E-state index contributed by atoms with van der Waals surface area (Å²) in [6, 6.07) is 15.1. The molecule has 30 heavy (non-hydrogen) atoms. The Kier molecular flexibility index (Phi) is 8.61. The Labute approximate surface area is 173 Å². The maximum atomic E-state index is 10.6. The van der Waals surface area contributed by atoms with Gasteiger partial charge in [-0.2, -0.15) is 13.2 Å². The first-order valence-corrected chi connectivity index (χ1v) is 9.35. The smallest absolute Gasteiger partial charge is 0.481 e. The number of carboxylic acid groups (broad SMARTS) is 1. The van der Waals surface area contributed by atoms with E-state index in [-0.39, 0.29) is 6.10 Å². The molecule has 1 aliphatic heterocycles. The monoisotopic (exact) mass is 426 g/mol. The van der Waals surface area contributed by atoms with Gasteiger partial charge in [0.05, 0.1) is 13.2 Å². The van der Waals surface area contributed by atoms with Crippen LogP contribution in [0.1, 0.15) is 17.5 Å². The molecule has 6 nitrogen and oxygen atoms in total. The van der Waals surface area contributed by atoms with E-state index < -0.39 is 12.1 Å². The summed E-state index contributed by atoms with van der Waals surface area (Å²) < 4.78 is 42.9. The number of hydrogen-bond acceptors (Lipinski definition) is 5. The minimum atomic E-state index is -5.08. The normalized spacial score (nSPS) is 19.1. The number of carboxylic acids is 1. The molecule has 164 valence electrons. The molecular formula is C21H25F3N2O4. The molecule has 0 saturated carbocycles. The summed E-state index contributed by atoms with van der Waals surface area (Å²) in [5.74, 6) is -2.04. The van der Waals surface area contributed by atoms with Crippen LogP contribution in [0.3, 0.4) is 0 Å². The summed E-state index contributed by atoms with van der Waals surface area (Å²) in [4.78, 5) is 15.7. The van der Waals surface area contributed by atoms with Crippen molar-refractivity contribution in [3.05, 3.63) is 59.8 Å². The van der Waals surface area contributed by atoms with Gasteiger partial charge in [-0.25, -0.2) is 9.78 Å². The Balaban J connectivity index is 0.000000396. The number of rotatable bonds is 6. The van der Waals surface area contributed by atoms with E-state index in [1.165, 1.54) is 5.56 Å². The van der Waals surface area contributed by atoms with Gasteiger partial charge < -0.3 is 14.6 Å². The zero-order chi connectivity index (χ0) is 22.1. The number of ether oxygens (including phenoxy) is 2. The van der Waals surface area contributed by atoms with Gasteiger partial charge in [-0.3, -0.25) is 4.90 Å². The van der Waals surface area contributed by atoms with E-state index in [9.17, 15) is 13.2 Å². The standard InChI is InChI=1S/C19H24N2O2.C2HF3O2/c1-22-18-10-12-21(14-16-9-6-11-20-19(16)23-2)17(18)13-15-7-4-3-5-8-15;3-2(4,5)1(6)7/h3-9,11,17-18H,10,12-14H2,1-2H3;(H,6,7)/t17-,18+;/m0./s1. The molecule has 0 radical (unpaired) electrons. The van der Waals surface area contributed by atoms with E-state index in [0.717, 1.165) is 31.5 Å². The number of methoxy groups -OCH3 is 2. The van der Waals surface area contributed by atoms with Crippen LogP contribution in [-0.4, -0.2) is 60.0 Å². The summed E-state index contributed by atoms with van der Waals surface area (Å²) in [5, 5.41) is 7.12. The Morgan fingerprint density at radius 1 is 1.20 bits per heavy atom. The molecule has 0 aliphatic carbocycles. The number of halogens is 3. The number of hydrogen-bond donors (Lipinski definition) is 1. The van der Waals surface area contributed by atoms with Crippen LogP contribution in [0.2, 0.25) is 0 Å². The lowest BCUT2D eigenvalue weighted by molar-refractivity contribution is -0.192. The zero-order valence-corrected chi connectivity index (χ0v) is 16.8. The van der Waals surface area contributed by atoms with E-state index in [4.69, 9.17) is 19.4 Å². The molecule has 1 aromatic heterocycles. The first-order chi connectivity index (χ1) is 14.3. The quantitative estimate of drug-likeness (QED) is 0.762. The molecule has 3 rings (SSSR count). The molecule has 2 aromatic rings. The van der Waals surface area contributed by atoms with E-state index in [1.807, 2.05) is 13.2 Å². The average molecular weight is 426 g/mol. The number of aliphatic carboxylic acids is 1. The van der Waals surface area contributed by atoms with Crippen LogP contribution in [0.5, 0.6) is 5.88 Å². The van der Waals surface area contributed by atoms with Crippen LogP contribution in [-0.2, 0) is 22.5 Å². The Bertz CT molecular complexity index is 802. The molecule has 2 atom stereocenters. The fourth-order valence-electron chi connectivity index (χ4n) is 3.42. The van der Waals surface area contributed by atoms with Gasteiger partial charge in [-0.1, -0.05) is 36.4 Å². The summed E-state index contributed by atoms with van der Waals surface area (Å²) >= 11 is 0. The Morgan fingerprint density at radius 2 is 1.87 bits per heavy atom. The van der Waals surface area contributed by atoms with Gasteiger partial charge in [-0.05, 0) is 24.5 Å². The number of aromatic nitrogens is 1. The van der Waals surface area contributed by atoms with E-state index >= 15 is 0 Å². The number of benzene rings is 1. The highest BCUT2D eigenvalue weighted by Crippen LogP contribution is 2.27. The van der Waals surface area contributed by atoms with Crippen LogP contribution in [0.25, 0.3) is 0 Å². The minimum Gasteiger partial charge on any atom is -0.481 e. The maximum Gasteiger partial charge on any atom is 0.490 e. The fraction of sp³-hybridized carbons (Fsp3) is 0.429. The summed E-state index contributed by atoms with van der Waals surface area (Å²) in [6.07, 6.45) is -0.970. The van der Waals surface area contributed by atoms with Gasteiger partial charge in [-0.15, -0.1) is 0 Å². The second-order valence-electron chi connectivity index (χ2n) is 6.77. The summed E-state index contributed by atoms with van der Waals surface area (Å²) in [5.41, 5.74) is 2.48. The second kappa shape index (κ2) is 10.9. The minimum absolute atomic E-state index is 0.276. The van der Waals surface area contributed by atoms with Crippen molar-refractivity contribution in [2.75, 3.05) is 20.8 Å². The van der Waals surface area contributed by atoms with Gasteiger partial charge in [0.1, 0.15) is 0 Å². The summed E-state index contributed by atoms with van der Waals surface area (Å²) in [6.45, 7) is 1.88. The van der Waals surface area contributed by atoms with Crippen LogP contribution >= 0.6 is 0 Å². The van der Waals surface area contributed by atoms with Gasteiger partial charge in [0.15, 0.2) is 0 Å². The SMILES string of the molecule is COc1ncccc1CN1CC[C@@H](OC)[C@@H]1Cc1ccccc1.O=C(O)C(F)(F)F. The maximum absolute atomic E-state index is 10.6. The van der Waals surface area contributed by atoms with Gasteiger partial charge >= 0.3 is 12.1 Å². The average Bonchev–Trinajstić information content (AvgIpc) is 3.10. The zero-order valence-electron chi connectivity index (χ0n) is 16.8. The van der Waals surface area contributed by atoms with Crippen LogP contribution < -0.4 is 4.74 Å². The van der Waals surface area contributed by atoms with Gasteiger partial charge in [0.2, 0.25) is 5.88 Å². The van der Waals surface area contributed by atoms with Gasteiger partial charge in [0.25, 0.3) is 0 Å². The third-order valence-electron chi connectivity index (χ3n) is 4.85. The largest absolute Gasteiger partial charge is 0.490 e. The third-order valence-corrected chi connectivity index (χ3v) is 4.85.